The molecule has 2 aliphatic rings. The van der Waals surface area contributed by atoms with E-state index in [0.717, 1.165) is 5.69 Å². The summed E-state index contributed by atoms with van der Waals surface area (Å²) in [5, 5.41) is 0.614. The largest absolute Gasteiger partial charge is 0.339 e. The molecule has 6 nitrogen and oxygen atoms in total. The monoisotopic (exact) mass is 391 g/mol. The molecule has 27 heavy (non-hydrogen) atoms. The Morgan fingerprint density at radius 2 is 1.67 bits per heavy atom. The van der Waals surface area contributed by atoms with Crippen molar-refractivity contribution < 1.29 is 14.4 Å². The molecule has 0 aliphatic carbocycles. The molecule has 2 saturated heterocycles. The first kappa shape index (κ1) is 19.7. The first-order valence-corrected chi connectivity index (χ1v) is 9.85. The van der Waals surface area contributed by atoms with Gasteiger partial charge in [-0.3, -0.25) is 14.4 Å². The summed E-state index contributed by atoms with van der Waals surface area (Å²) in [6.07, 6.45) is 0.773. The molecule has 2 heterocycles. The molecule has 0 radical (unpaired) electrons. The highest BCUT2D eigenvalue weighted by atomic mass is 35.5. The third-order valence-corrected chi connectivity index (χ3v) is 5.39. The zero-order chi connectivity index (χ0) is 19.6. The number of carbonyl (C=O) groups excluding carboxylic acids is 3. The highest BCUT2D eigenvalue weighted by Crippen LogP contribution is 2.27. The number of hydrogen-bond acceptors (Lipinski definition) is 3. The fourth-order valence-corrected chi connectivity index (χ4v) is 3.78. The third kappa shape index (κ3) is 4.61. The minimum absolute atomic E-state index is 0.00997. The summed E-state index contributed by atoms with van der Waals surface area (Å²) in [5.74, 6) is 0.130. The number of amides is 3. The van der Waals surface area contributed by atoms with Crippen molar-refractivity contribution in [2.75, 3.05) is 37.6 Å². The lowest BCUT2D eigenvalue weighted by Crippen LogP contribution is -2.52. The molecule has 3 amide bonds. The summed E-state index contributed by atoms with van der Waals surface area (Å²) >= 11 is 5.90. The van der Waals surface area contributed by atoms with Gasteiger partial charge in [0.1, 0.15) is 0 Å². The van der Waals surface area contributed by atoms with Crippen LogP contribution in [0.1, 0.15) is 26.7 Å². The molecular formula is C20H26ClN3O3. The van der Waals surface area contributed by atoms with Gasteiger partial charge in [-0.05, 0) is 30.2 Å². The van der Waals surface area contributed by atoms with Gasteiger partial charge < -0.3 is 14.7 Å². The second kappa shape index (κ2) is 8.30. The van der Waals surface area contributed by atoms with Gasteiger partial charge in [-0.2, -0.15) is 0 Å². The summed E-state index contributed by atoms with van der Waals surface area (Å²) in [6, 6.07) is 7.08. The Kier molecular flexibility index (Phi) is 6.05. The number of anilines is 1. The van der Waals surface area contributed by atoms with Gasteiger partial charge in [-0.25, -0.2) is 0 Å². The van der Waals surface area contributed by atoms with Crippen LogP contribution in [-0.2, 0) is 14.4 Å². The van der Waals surface area contributed by atoms with E-state index in [1.807, 2.05) is 18.7 Å². The highest BCUT2D eigenvalue weighted by Gasteiger charge is 2.38. The minimum atomic E-state index is -0.328. The maximum atomic E-state index is 12.9. The van der Waals surface area contributed by atoms with Gasteiger partial charge in [0.15, 0.2) is 0 Å². The van der Waals surface area contributed by atoms with Crippen molar-refractivity contribution in [2.24, 2.45) is 11.8 Å². The van der Waals surface area contributed by atoms with Crippen molar-refractivity contribution in [1.82, 2.24) is 9.80 Å². The zero-order valence-electron chi connectivity index (χ0n) is 15.9. The normalized spacial score (nSPS) is 20.5. The van der Waals surface area contributed by atoms with Gasteiger partial charge in [0.05, 0.1) is 5.92 Å². The van der Waals surface area contributed by atoms with E-state index in [1.165, 1.54) is 0 Å². The lowest BCUT2D eigenvalue weighted by Gasteiger charge is -2.36. The Morgan fingerprint density at radius 3 is 2.26 bits per heavy atom. The van der Waals surface area contributed by atoms with Crippen LogP contribution in [0, 0.1) is 11.8 Å². The smallest absolute Gasteiger partial charge is 0.228 e. The number of nitrogens with zero attached hydrogens (tertiary/aromatic N) is 3. The summed E-state index contributed by atoms with van der Waals surface area (Å²) < 4.78 is 0. The summed E-state index contributed by atoms with van der Waals surface area (Å²) in [6.45, 7) is 6.66. The highest BCUT2D eigenvalue weighted by molar-refractivity contribution is 6.30. The van der Waals surface area contributed by atoms with Crippen LogP contribution in [0.3, 0.4) is 0 Å². The number of benzene rings is 1. The van der Waals surface area contributed by atoms with Crippen LogP contribution in [0.15, 0.2) is 24.3 Å². The van der Waals surface area contributed by atoms with E-state index in [1.54, 1.807) is 34.1 Å². The Bertz CT molecular complexity index is 712. The number of hydrogen-bond donors (Lipinski definition) is 0. The van der Waals surface area contributed by atoms with Gasteiger partial charge in [-0.15, -0.1) is 0 Å². The first-order chi connectivity index (χ1) is 12.8. The van der Waals surface area contributed by atoms with Crippen molar-refractivity contribution in [1.29, 1.82) is 0 Å². The number of carbonyl (C=O) groups is 3. The van der Waals surface area contributed by atoms with Gasteiger partial charge in [-0.1, -0.05) is 25.4 Å². The predicted molar refractivity (Wildman–Crippen MR) is 105 cm³/mol. The van der Waals surface area contributed by atoms with Crippen LogP contribution in [0.4, 0.5) is 5.69 Å². The van der Waals surface area contributed by atoms with Gasteiger partial charge >= 0.3 is 0 Å². The molecule has 0 aromatic heterocycles. The van der Waals surface area contributed by atoms with E-state index in [-0.39, 0.29) is 30.1 Å². The van der Waals surface area contributed by atoms with Crippen LogP contribution in [0.2, 0.25) is 5.02 Å². The molecule has 1 aromatic rings. The average Bonchev–Trinajstić information content (AvgIpc) is 3.03. The topological polar surface area (TPSA) is 60.9 Å². The van der Waals surface area contributed by atoms with Gasteiger partial charge in [0.25, 0.3) is 0 Å². The number of rotatable bonds is 4. The van der Waals surface area contributed by atoms with E-state index in [2.05, 4.69) is 0 Å². The molecule has 146 valence electrons. The fraction of sp³-hybridized carbons (Fsp3) is 0.550. The van der Waals surface area contributed by atoms with Gasteiger partial charge in [0.2, 0.25) is 17.7 Å². The Hall–Kier alpha value is -2.08. The van der Waals surface area contributed by atoms with Crippen LogP contribution < -0.4 is 4.90 Å². The molecule has 0 N–H and O–H groups in total. The molecular weight excluding hydrogens is 366 g/mol. The molecule has 1 aromatic carbocycles. The summed E-state index contributed by atoms with van der Waals surface area (Å²) in [4.78, 5) is 42.7. The lowest BCUT2D eigenvalue weighted by molar-refractivity contribution is -0.142. The molecule has 2 aliphatic heterocycles. The molecule has 0 unspecified atom stereocenters. The van der Waals surface area contributed by atoms with Crippen LogP contribution in [-0.4, -0.2) is 60.2 Å². The molecule has 0 spiro atoms. The van der Waals surface area contributed by atoms with E-state index >= 15 is 0 Å². The standard InChI is InChI=1S/C20H26ClN3O3/c1-14(2)11-18(25)22-7-9-23(10-8-22)20(27)15-12-19(26)24(13-15)17-5-3-16(21)4-6-17/h3-6,14-15H,7-13H2,1-2H3/t15-/m0/s1. The van der Waals surface area contributed by atoms with Crippen molar-refractivity contribution >= 4 is 35.0 Å². The molecule has 3 rings (SSSR count). The van der Waals surface area contributed by atoms with E-state index < -0.39 is 0 Å². The van der Waals surface area contributed by atoms with Crippen LogP contribution in [0.25, 0.3) is 0 Å². The quantitative estimate of drug-likeness (QED) is 0.791. The Balaban J connectivity index is 1.55. The van der Waals surface area contributed by atoms with Gasteiger partial charge in [0, 0.05) is 56.3 Å². The van der Waals surface area contributed by atoms with Crippen molar-refractivity contribution in [3.8, 4) is 0 Å². The zero-order valence-corrected chi connectivity index (χ0v) is 16.6. The fourth-order valence-electron chi connectivity index (χ4n) is 3.66. The Morgan fingerprint density at radius 1 is 1.07 bits per heavy atom. The third-order valence-electron chi connectivity index (χ3n) is 5.14. The second-order valence-electron chi connectivity index (χ2n) is 7.69. The minimum Gasteiger partial charge on any atom is -0.339 e. The average molecular weight is 392 g/mol. The van der Waals surface area contributed by atoms with E-state index in [4.69, 9.17) is 11.6 Å². The number of piperazine rings is 1. The van der Waals surface area contributed by atoms with E-state index in [0.29, 0.717) is 50.1 Å². The number of halogens is 1. The molecule has 7 heteroatoms. The maximum Gasteiger partial charge on any atom is 0.228 e. The summed E-state index contributed by atoms with van der Waals surface area (Å²) in [7, 11) is 0. The van der Waals surface area contributed by atoms with E-state index in [9.17, 15) is 14.4 Å². The predicted octanol–water partition coefficient (Wildman–Crippen LogP) is 2.41. The maximum absolute atomic E-state index is 12.9. The first-order valence-electron chi connectivity index (χ1n) is 9.47. The molecule has 1 atom stereocenters. The SMILES string of the molecule is CC(C)CC(=O)N1CCN(C(=O)[C@H]2CC(=O)N(c3ccc(Cl)cc3)C2)CC1. The molecule has 2 fully saturated rings. The van der Waals surface area contributed by atoms with Crippen LogP contribution in [0.5, 0.6) is 0 Å². The molecule has 0 bridgehead atoms. The van der Waals surface area contributed by atoms with Crippen molar-refractivity contribution in [2.45, 2.75) is 26.7 Å². The molecule has 0 saturated carbocycles. The summed E-state index contributed by atoms with van der Waals surface area (Å²) in [5.41, 5.74) is 0.767. The van der Waals surface area contributed by atoms with Crippen molar-refractivity contribution in [3.05, 3.63) is 29.3 Å². The van der Waals surface area contributed by atoms with Crippen molar-refractivity contribution in [3.63, 3.8) is 0 Å². The van der Waals surface area contributed by atoms with Crippen LogP contribution >= 0.6 is 11.6 Å². The Labute approximate surface area is 165 Å². The second-order valence-corrected chi connectivity index (χ2v) is 8.12. The lowest BCUT2D eigenvalue weighted by atomic mass is 10.1.